The summed E-state index contributed by atoms with van der Waals surface area (Å²) in [6.45, 7) is 4.40. The highest BCUT2D eigenvalue weighted by Crippen LogP contribution is 2.31. The van der Waals surface area contributed by atoms with Gasteiger partial charge in [0.25, 0.3) is 5.56 Å². The number of benzene rings is 1. The van der Waals surface area contributed by atoms with Gasteiger partial charge in [-0.05, 0) is 31.2 Å². The molecule has 0 spiro atoms. The van der Waals surface area contributed by atoms with E-state index in [0.29, 0.717) is 47.4 Å². The molecule has 8 nitrogen and oxygen atoms in total. The molecule has 0 saturated carbocycles. The van der Waals surface area contributed by atoms with Crippen molar-refractivity contribution in [2.24, 2.45) is 0 Å². The van der Waals surface area contributed by atoms with Gasteiger partial charge in [0.2, 0.25) is 5.95 Å². The number of halogens is 1. The minimum atomic E-state index is -0.175. The quantitative estimate of drug-likeness (QED) is 0.455. The van der Waals surface area contributed by atoms with E-state index < -0.39 is 0 Å². The summed E-state index contributed by atoms with van der Waals surface area (Å²) in [5.74, 6) is 0.448. The van der Waals surface area contributed by atoms with Crippen molar-refractivity contribution in [3.63, 3.8) is 0 Å². The van der Waals surface area contributed by atoms with Gasteiger partial charge in [-0.25, -0.2) is 4.98 Å². The van der Waals surface area contributed by atoms with Gasteiger partial charge in [0.1, 0.15) is 5.65 Å². The van der Waals surface area contributed by atoms with Crippen LogP contribution in [0.25, 0.3) is 33.4 Å². The Balaban J connectivity index is 1.63. The molecule has 4 heterocycles. The van der Waals surface area contributed by atoms with Crippen LogP contribution < -0.4 is 16.2 Å². The smallest absolute Gasteiger partial charge is 0.260 e. The van der Waals surface area contributed by atoms with Crippen molar-refractivity contribution in [2.75, 3.05) is 32.1 Å². The molecule has 5 rings (SSSR count). The third kappa shape index (κ3) is 4.40. The number of fused-ring (bicyclic) bond motifs is 1. The zero-order valence-electron chi connectivity index (χ0n) is 19.0. The summed E-state index contributed by atoms with van der Waals surface area (Å²) in [4.78, 5) is 27.2. The lowest BCUT2D eigenvalue weighted by Crippen LogP contribution is -2.42. The van der Waals surface area contributed by atoms with Gasteiger partial charge < -0.3 is 15.4 Å². The Hall–Kier alpha value is -3.33. The summed E-state index contributed by atoms with van der Waals surface area (Å²) < 4.78 is 7.54. The maximum Gasteiger partial charge on any atom is 0.260 e. The minimum Gasteiger partial charge on any atom is -0.374 e. The number of nitrogens with one attached hydrogen (secondary N) is 2. The standard InChI is InChI=1S/C25H25ClN6O2/c1-15-4-3-5-22(30-15)16-6-7-19(21(26)11-16)20-10-17-12-29-25(27-2)31-23(17)32(24(20)33)14-18-13-28-8-9-34-18/h3-7,10-12,18,28H,8-9,13-14H2,1-2H3,(H,27,29,31). The first-order valence-electron chi connectivity index (χ1n) is 11.2. The third-order valence-corrected chi connectivity index (χ3v) is 6.20. The summed E-state index contributed by atoms with van der Waals surface area (Å²) >= 11 is 6.72. The zero-order valence-corrected chi connectivity index (χ0v) is 19.8. The normalized spacial score (nSPS) is 16.0. The monoisotopic (exact) mass is 476 g/mol. The van der Waals surface area contributed by atoms with Crippen molar-refractivity contribution < 1.29 is 4.74 Å². The molecule has 1 atom stereocenters. The Labute approximate surface area is 202 Å². The molecule has 0 amide bonds. The average Bonchev–Trinajstić information content (AvgIpc) is 2.86. The van der Waals surface area contributed by atoms with Crippen LogP contribution in [0.5, 0.6) is 0 Å². The second-order valence-electron chi connectivity index (χ2n) is 8.25. The van der Waals surface area contributed by atoms with Crippen LogP contribution in [0.3, 0.4) is 0 Å². The molecular weight excluding hydrogens is 452 g/mol. The largest absolute Gasteiger partial charge is 0.374 e. The van der Waals surface area contributed by atoms with Gasteiger partial charge in [0, 0.05) is 59.1 Å². The van der Waals surface area contributed by atoms with Crippen LogP contribution in [0, 0.1) is 6.92 Å². The molecule has 2 N–H and O–H groups in total. The van der Waals surface area contributed by atoms with Crippen LogP contribution >= 0.6 is 11.6 Å². The van der Waals surface area contributed by atoms with Crippen molar-refractivity contribution in [1.82, 2.24) is 24.8 Å². The number of morpholine rings is 1. The molecule has 1 fully saturated rings. The average molecular weight is 477 g/mol. The lowest BCUT2D eigenvalue weighted by Gasteiger charge is -2.25. The van der Waals surface area contributed by atoms with Crippen molar-refractivity contribution in [1.29, 1.82) is 0 Å². The predicted molar refractivity (Wildman–Crippen MR) is 134 cm³/mol. The molecule has 0 bridgehead atoms. The second-order valence-corrected chi connectivity index (χ2v) is 8.66. The number of pyridine rings is 2. The highest BCUT2D eigenvalue weighted by atomic mass is 35.5. The SMILES string of the molecule is CNc1ncc2cc(-c3ccc(-c4cccc(C)n4)cc3Cl)c(=O)n(CC3CNCCO3)c2n1. The summed E-state index contributed by atoms with van der Waals surface area (Å²) in [5, 5.41) is 7.48. The van der Waals surface area contributed by atoms with Crippen molar-refractivity contribution in [2.45, 2.75) is 19.6 Å². The van der Waals surface area contributed by atoms with Crippen LogP contribution in [0.2, 0.25) is 5.02 Å². The molecule has 34 heavy (non-hydrogen) atoms. The second kappa shape index (κ2) is 9.50. The maximum absolute atomic E-state index is 13.7. The van der Waals surface area contributed by atoms with Gasteiger partial charge in [-0.2, -0.15) is 4.98 Å². The number of nitrogens with zero attached hydrogens (tertiary/aromatic N) is 4. The van der Waals surface area contributed by atoms with E-state index in [2.05, 4.69) is 25.6 Å². The van der Waals surface area contributed by atoms with E-state index in [1.54, 1.807) is 23.9 Å². The summed E-state index contributed by atoms with van der Waals surface area (Å²) in [5.41, 5.74) is 4.17. The number of aromatic nitrogens is 4. The molecule has 1 saturated heterocycles. The number of rotatable bonds is 5. The summed E-state index contributed by atoms with van der Waals surface area (Å²) in [7, 11) is 1.75. The van der Waals surface area contributed by atoms with Gasteiger partial charge >= 0.3 is 0 Å². The Kier molecular flexibility index (Phi) is 6.28. The Bertz CT molecular complexity index is 1410. The lowest BCUT2D eigenvalue weighted by molar-refractivity contribution is 0.0183. The van der Waals surface area contributed by atoms with Crippen LogP contribution in [0.4, 0.5) is 5.95 Å². The maximum atomic E-state index is 13.7. The fourth-order valence-corrected chi connectivity index (χ4v) is 4.46. The first-order chi connectivity index (χ1) is 16.5. The van der Waals surface area contributed by atoms with E-state index in [4.69, 9.17) is 16.3 Å². The van der Waals surface area contributed by atoms with E-state index >= 15 is 0 Å². The van der Waals surface area contributed by atoms with Gasteiger partial charge in [0.05, 0.1) is 24.9 Å². The first-order valence-corrected chi connectivity index (χ1v) is 11.6. The van der Waals surface area contributed by atoms with E-state index in [1.807, 2.05) is 43.3 Å². The number of hydrogen-bond donors (Lipinski definition) is 2. The Morgan fingerprint density at radius 1 is 1.21 bits per heavy atom. The highest BCUT2D eigenvalue weighted by molar-refractivity contribution is 6.33. The Morgan fingerprint density at radius 2 is 2.09 bits per heavy atom. The van der Waals surface area contributed by atoms with Crippen LogP contribution in [-0.2, 0) is 11.3 Å². The highest BCUT2D eigenvalue weighted by Gasteiger charge is 2.20. The molecule has 1 aliphatic heterocycles. The molecule has 0 aliphatic carbocycles. The molecule has 3 aromatic heterocycles. The molecule has 4 aromatic rings. The van der Waals surface area contributed by atoms with Crippen molar-refractivity contribution in [3.8, 4) is 22.4 Å². The molecular formula is C25H25ClN6O2. The van der Waals surface area contributed by atoms with Gasteiger partial charge in [-0.1, -0.05) is 29.8 Å². The molecule has 1 aromatic carbocycles. The number of anilines is 1. The molecule has 9 heteroatoms. The topological polar surface area (TPSA) is 94.0 Å². The molecule has 1 aliphatic rings. The predicted octanol–water partition coefficient (Wildman–Crippen LogP) is 3.51. The van der Waals surface area contributed by atoms with E-state index in [-0.39, 0.29) is 11.7 Å². The minimum absolute atomic E-state index is 0.136. The zero-order chi connectivity index (χ0) is 23.7. The van der Waals surface area contributed by atoms with Crippen molar-refractivity contribution in [3.05, 3.63) is 69.7 Å². The molecule has 1 unspecified atom stereocenters. The van der Waals surface area contributed by atoms with Crippen LogP contribution in [-0.4, -0.2) is 52.4 Å². The first kappa shape index (κ1) is 22.5. The van der Waals surface area contributed by atoms with Crippen molar-refractivity contribution >= 4 is 28.6 Å². The van der Waals surface area contributed by atoms with E-state index in [0.717, 1.165) is 28.9 Å². The fourth-order valence-electron chi connectivity index (χ4n) is 4.18. The summed E-state index contributed by atoms with van der Waals surface area (Å²) in [6.07, 6.45) is 1.58. The third-order valence-electron chi connectivity index (χ3n) is 5.88. The fraction of sp³-hybridized carbons (Fsp3) is 0.280. The van der Waals surface area contributed by atoms with Crippen LogP contribution in [0.15, 0.2) is 53.5 Å². The number of ether oxygens (including phenoxy) is 1. The summed E-state index contributed by atoms with van der Waals surface area (Å²) in [6, 6.07) is 13.3. The van der Waals surface area contributed by atoms with E-state index in [1.165, 1.54) is 0 Å². The van der Waals surface area contributed by atoms with Crippen LogP contribution in [0.1, 0.15) is 5.69 Å². The Morgan fingerprint density at radius 3 is 2.82 bits per heavy atom. The number of aryl methyl sites for hydroxylation is 1. The lowest BCUT2D eigenvalue weighted by atomic mass is 10.0. The van der Waals surface area contributed by atoms with E-state index in [9.17, 15) is 4.79 Å². The van der Waals surface area contributed by atoms with Gasteiger partial charge in [-0.15, -0.1) is 0 Å². The van der Waals surface area contributed by atoms with Gasteiger partial charge in [0.15, 0.2) is 0 Å². The molecule has 174 valence electrons. The van der Waals surface area contributed by atoms with Gasteiger partial charge in [-0.3, -0.25) is 14.3 Å². The number of hydrogen-bond acceptors (Lipinski definition) is 7. The molecule has 0 radical (unpaired) electrons.